The van der Waals surface area contributed by atoms with Crippen molar-refractivity contribution in [2.45, 2.75) is 284 Å². The second kappa shape index (κ2) is 35.3. The SMILES string of the molecule is CCCCCCCCCCCCOc1ccc(C(O)(c2ccc(C)cc2)c2c(-c3cc4sc([Si](C(C)C)(C(C)C)C(C)C)cc4s3)sc3c(C(O)(c4ccc(C)cc4)c4ccc(OCCCCCCCCCCCC)cc4)c(-c4cc5sc([Si](C(C)C)(C(C)C)C(C)C)cc5s4)sc23)cc1. The number of hydrogen-bond donors (Lipinski definition) is 2. The Morgan fingerprint density at radius 1 is 0.330 bits per heavy atom. The standard InChI is InChI=1S/C88H120O4S6Si2/c1-17-19-21-23-25-27-29-31-33-35-53-91-71-49-45-69(46-50-71)87(89,67-41-37-65(15)38-42-67)81-83(77-55-73-75(93-77)57-79(95-73)99(59(3)4,60(5)6)61(7)8)97-86-82(84(98-85(81)86)78-56-74-76(94-78)58-80(96-74)100(62(9)10,63(11)12)64(13)14)88(90,68-43-39-66(16)40-44-68)70-47-51-72(52-48-70)92-54-36-34-32-30-28-26-24-22-20-18-2/h37-52,55-64,89-90H,17-36,53-54H2,1-16H3. The predicted molar refractivity (Wildman–Crippen MR) is 453 cm³/mol. The van der Waals surface area contributed by atoms with Crippen LogP contribution in [0.1, 0.15) is 270 Å². The summed E-state index contributed by atoms with van der Waals surface area (Å²) in [6, 6.07) is 44.0. The minimum absolute atomic E-state index is 0.589. The van der Waals surface area contributed by atoms with Crippen molar-refractivity contribution in [3.8, 4) is 31.0 Å². The Hall–Kier alpha value is -4.19. The van der Waals surface area contributed by atoms with E-state index in [9.17, 15) is 10.2 Å². The van der Waals surface area contributed by atoms with Crippen LogP contribution in [0.2, 0.25) is 33.2 Å². The van der Waals surface area contributed by atoms with Gasteiger partial charge in [-0.3, -0.25) is 0 Å². The molecular weight excluding hydrogens is 1370 g/mol. The van der Waals surface area contributed by atoms with Crippen molar-refractivity contribution in [3.63, 3.8) is 0 Å². The molecule has 0 spiro atoms. The van der Waals surface area contributed by atoms with Gasteiger partial charge in [0, 0.05) is 39.7 Å². The molecule has 4 nitrogen and oxygen atoms in total. The molecule has 0 aliphatic rings. The highest BCUT2D eigenvalue weighted by Gasteiger charge is 2.49. The van der Waals surface area contributed by atoms with Crippen molar-refractivity contribution in [1.82, 2.24) is 0 Å². The van der Waals surface area contributed by atoms with Gasteiger partial charge >= 0.3 is 0 Å². The smallest absolute Gasteiger partial charge is 0.143 e. The molecule has 2 atom stereocenters. The summed E-state index contributed by atoms with van der Waals surface area (Å²) in [6.07, 6.45) is 25.5. The molecule has 2 N–H and O–H groups in total. The van der Waals surface area contributed by atoms with Gasteiger partial charge in [-0.25, -0.2) is 0 Å². The Morgan fingerprint density at radius 2 is 0.590 bits per heavy atom. The van der Waals surface area contributed by atoms with E-state index >= 15 is 0 Å². The molecule has 0 aliphatic carbocycles. The summed E-state index contributed by atoms with van der Waals surface area (Å²) in [4.78, 5) is 4.34. The van der Waals surface area contributed by atoms with Gasteiger partial charge in [-0.1, -0.05) is 296 Å². The fraction of sp³-hybridized carbons (Fsp3) is 0.523. The normalized spacial score (nSPS) is 13.9. The lowest BCUT2D eigenvalue weighted by Gasteiger charge is -2.42. The minimum atomic E-state index is -1.97. The first-order valence-corrected chi connectivity index (χ1v) is 48.2. The van der Waals surface area contributed by atoms with E-state index in [1.165, 1.54) is 134 Å². The van der Waals surface area contributed by atoms with Gasteiger partial charge in [-0.05, 0) is 140 Å². The van der Waals surface area contributed by atoms with Crippen molar-refractivity contribution < 1.29 is 19.7 Å². The maximum absolute atomic E-state index is 15.0. The third-order valence-corrected chi connectivity index (χ3v) is 46.0. The van der Waals surface area contributed by atoms with Gasteiger partial charge in [0.1, 0.15) is 38.8 Å². The average molecular weight is 1490 g/mol. The van der Waals surface area contributed by atoms with Crippen LogP contribution in [0, 0.1) is 13.8 Å². The fourth-order valence-corrected chi connectivity index (χ4v) is 43.9. The Bertz CT molecular complexity index is 3780. The molecule has 10 rings (SSSR count). The lowest BCUT2D eigenvalue weighted by Crippen LogP contribution is -2.54. The molecule has 4 aromatic carbocycles. The van der Waals surface area contributed by atoms with Crippen molar-refractivity contribution in [3.05, 3.63) is 166 Å². The molecular formula is C88H120O4S6Si2. The minimum Gasteiger partial charge on any atom is -0.494 e. The van der Waals surface area contributed by atoms with Crippen LogP contribution in [-0.4, -0.2) is 39.6 Å². The van der Waals surface area contributed by atoms with E-state index < -0.39 is 27.3 Å². The molecule has 12 heteroatoms. The van der Waals surface area contributed by atoms with Crippen molar-refractivity contribution in [2.75, 3.05) is 13.2 Å². The summed E-state index contributed by atoms with van der Waals surface area (Å²) in [5.41, 5.74) is 7.39. The summed E-state index contributed by atoms with van der Waals surface area (Å²) < 4.78 is 23.5. The Labute approximate surface area is 629 Å². The molecule has 0 saturated heterocycles. The van der Waals surface area contributed by atoms with E-state index in [4.69, 9.17) is 9.47 Å². The van der Waals surface area contributed by atoms with E-state index in [1.54, 1.807) is 31.7 Å². The van der Waals surface area contributed by atoms with E-state index in [1.807, 2.05) is 45.3 Å². The number of hydrogen-bond acceptors (Lipinski definition) is 10. The van der Waals surface area contributed by atoms with E-state index in [-0.39, 0.29) is 0 Å². The molecule has 540 valence electrons. The lowest BCUT2D eigenvalue weighted by molar-refractivity contribution is 0.127. The Balaban J connectivity index is 1.17. The quantitative estimate of drug-likeness (QED) is 0.0297. The fourth-order valence-electron chi connectivity index (χ4n) is 17.6. The van der Waals surface area contributed by atoms with Crippen LogP contribution in [0.3, 0.4) is 0 Å². The number of benzene rings is 4. The second-order valence-corrected chi connectivity index (χ2v) is 50.1. The van der Waals surface area contributed by atoms with Crippen LogP contribution in [-0.2, 0) is 11.2 Å². The molecule has 100 heavy (non-hydrogen) atoms. The van der Waals surface area contributed by atoms with Gasteiger partial charge in [0.2, 0.25) is 0 Å². The number of ether oxygens (including phenoxy) is 2. The van der Waals surface area contributed by atoms with E-state index in [0.717, 1.165) is 97.8 Å². The summed E-state index contributed by atoms with van der Waals surface area (Å²) in [5.74, 6) is 1.63. The largest absolute Gasteiger partial charge is 0.494 e. The maximum Gasteiger partial charge on any atom is 0.143 e. The third kappa shape index (κ3) is 16.4. The van der Waals surface area contributed by atoms with Crippen molar-refractivity contribution >= 4 is 121 Å². The first kappa shape index (κ1) is 78.4. The zero-order valence-electron chi connectivity index (χ0n) is 63.7. The van der Waals surface area contributed by atoms with Crippen LogP contribution < -0.4 is 18.5 Å². The average Bonchev–Trinajstić information content (AvgIpc) is 1.53. The molecule has 6 aromatic heterocycles. The molecule has 10 aromatic rings. The monoisotopic (exact) mass is 1490 g/mol. The Kier molecular flexibility index (Phi) is 27.7. The van der Waals surface area contributed by atoms with Crippen LogP contribution >= 0.6 is 68.0 Å². The first-order chi connectivity index (χ1) is 48.1. The zero-order valence-corrected chi connectivity index (χ0v) is 70.6. The highest BCUT2D eigenvalue weighted by molar-refractivity contribution is 7.40. The number of aliphatic hydroxyl groups is 2. The molecule has 0 fully saturated rings. The maximum atomic E-state index is 15.0. The molecule has 6 heterocycles. The molecule has 0 bridgehead atoms. The molecule has 0 amide bonds. The van der Waals surface area contributed by atoms with Gasteiger partial charge in [0.25, 0.3) is 0 Å². The third-order valence-electron chi connectivity index (χ3n) is 22.7. The Morgan fingerprint density at radius 3 is 0.860 bits per heavy atom. The predicted octanol–water partition coefficient (Wildman–Crippen LogP) is 28.4. The number of rotatable bonds is 40. The van der Waals surface area contributed by atoms with Gasteiger partial charge in [-0.2, -0.15) is 0 Å². The van der Waals surface area contributed by atoms with Gasteiger partial charge in [0.15, 0.2) is 0 Å². The van der Waals surface area contributed by atoms with Crippen LogP contribution in [0.15, 0.2) is 121 Å². The number of thiophene rings is 6. The van der Waals surface area contributed by atoms with Gasteiger partial charge in [0.05, 0.1) is 32.4 Å². The number of fused-ring (bicyclic) bond motifs is 3. The first-order valence-electron chi connectivity index (χ1n) is 38.8. The summed E-state index contributed by atoms with van der Waals surface area (Å²) in [5, 5.41) is 29.9. The number of aryl methyl sites for hydroxylation is 2. The second-order valence-electron chi connectivity index (χ2n) is 31.2. The highest BCUT2D eigenvalue weighted by atomic mass is 32.1. The van der Waals surface area contributed by atoms with Gasteiger partial charge < -0.3 is 19.7 Å². The van der Waals surface area contributed by atoms with Crippen LogP contribution in [0.25, 0.3) is 47.7 Å². The van der Waals surface area contributed by atoms with E-state index in [0.29, 0.717) is 46.5 Å². The van der Waals surface area contributed by atoms with Crippen LogP contribution in [0.4, 0.5) is 0 Å². The highest BCUT2D eigenvalue weighted by Crippen LogP contribution is 2.61. The summed E-state index contributed by atoms with van der Waals surface area (Å²) >= 11 is 11.3. The number of unbranched alkanes of at least 4 members (excludes halogenated alkanes) is 18. The molecule has 0 radical (unpaired) electrons. The molecule has 0 saturated carbocycles. The van der Waals surface area contributed by atoms with Crippen molar-refractivity contribution in [1.29, 1.82) is 0 Å². The topological polar surface area (TPSA) is 58.9 Å². The zero-order chi connectivity index (χ0) is 71.5. The van der Waals surface area contributed by atoms with E-state index in [2.05, 4.69) is 232 Å². The van der Waals surface area contributed by atoms with Crippen LogP contribution in [0.5, 0.6) is 11.5 Å². The molecule has 2 unspecified atom stereocenters. The van der Waals surface area contributed by atoms with Gasteiger partial charge in [-0.15, -0.1) is 68.0 Å². The lowest BCUT2D eigenvalue weighted by atomic mass is 9.78. The summed E-state index contributed by atoms with van der Waals surface area (Å²) in [7, 11) is -3.94. The van der Waals surface area contributed by atoms with Crippen molar-refractivity contribution in [2.24, 2.45) is 0 Å². The molecule has 0 aliphatic heterocycles. The summed E-state index contributed by atoms with van der Waals surface area (Å²) in [6.45, 7) is 39.8.